The smallest absolute Gasteiger partial charge is 0.295 e. The van der Waals surface area contributed by atoms with E-state index in [-0.39, 0.29) is 10.7 Å². The number of benzene rings is 1. The van der Waals surface area contributed by atoms with Crippen LogP contribution in [0.2, 0.25) is 5.02 Å². The average molecular weight is 271 g/mol. The maximum Gasteiger partial charge on any atom is 0.295 e. The largest absolute Gasteiger partial charge is 0.333 e. The summed E-state index contributed by atoms with van der Waals surface area (Å²) < 4.78 is 14.7. The van der Waals surface area contributed by atoms with Crippen molar-refractivity contribution in [1.82, 2.24) is 9.78 Å². The monoisotopic (exact) mass is 270 g/mol. The summed E-state index contributed by atoms with van der Waals surface area (Å²) in [7, 11) is 1.71. The second-order valence-corrected chi connectivity index (χ2v) is 3.95. The minimum atomic E-state index is -0.838. The predicted octanol–water partition coefficient (Wildman–Crippen LogP) is 2.86. The SMILES string of the molecule is Cn1ccc(Nc2cc(Cl)c(F)cc2[N+](=O)[O-])n1. The van der Waals surface area contributed by atoms with Gasteiger partial charge in [-0.1, -0.05) is 11.6 Å². The first-order valence-corrected chi connectivity index (χ1v) is 5.25. The summed E-state index contributed by atoms with van der Waals surface area (Å²) >= 11 is 5.60. The van der Waals surface area contributed by atoms with Crippen LogP contribution in [-0.4, -0.2) is 14.7 Å². The molecule has 0 bridgehead atoms. The first-order valence-electron chi connectivity index (χ1n) is 4.87. The van der Waals surface area contributed by atoms with Crippen LogP contribution < -0.4 is 5.32 Å². The van der Waals surface area contributed by atoms with E-state index in [4.69, 9.17) is 11.6 Å². The van der Waals surface area contributed by atoms with Gasteiger partial charge in [-0.15, -0.1) is 0 Å². The van der Waals surface area contributed by atoms with Crippen LogP contribution >= 0.6 is 11.6 Å². The van der Waals surface area contributed by atoms with Gasteiger partial charge in [-0.25, -0.2) is 4.39 Å². The standard InChI is InChI=1S/C10H8ClFN4O2/c1-15-3-2-10(14-15)13-8-4-6(11)7(12)5-9(8)16(17)18/h2-5H,1H3,(H,13,14). The summed E-state index contributed by atoms with van der Waals surface area (Å²) in [6.45, 7) is 0. The summed E-state index contributed by atoms with van der Waals surface area (Å²) in [5.41, 5.74) is -0.312. The number of aryl methyl sites for hydroxylation is 1. The lowest BCUT2D eigenvalue weighted by Crippen LogP contribution is -1.99. The molecule has 6 nitrogen and oxygen atoms in total. The lowest BCUT2D eigenvalue weighted by atomic mass is 10.2. The number of nitrogens with one attached hydrogen (secondary N) is 1. The Hall–Kier alpha value is -2.15. The van der Waals surface area contributed by atoms with Crippen LogP contribution in [0.15, 0.2) is 24.4 Å². The molecule has 1 aromatic heterocycles. The molecule has 0 aliphatic rings. The van der Waals surface area contributed by atoms with Gasteiger partial charge in [-0.2, -0.15) is 5.10 Å². The molecule has 18 heavy (non-hydrogen) atoms. The topological polar surface area (TPSA) is 73.0 Å². The third-order valence-electron chi connectivity index (χ3n) is 2.21. The van der Waals surface area contributed by atoms with Gasteiger partial charge in [-0.05, 0) is 6.07 Å². The molecule has 1 N–H and O–H groups in total. The number of rotatable bonds is 3. The zero-order chi connectivity index (χ0) is 13.3. The molecule has 2 aromatic rings. The van der Waals surface area contributed by atoms with Crippen molar-refractivity contribution < 1.29 is 9.31 Å². The Kier molecular flexibility index (Phi) is 3.15. The van der Waals surface area contributed by atoms with Gasteiger partial charge >= 0.3 is 0 Å². The summed E-state index contributed by atoms with van der Waals surface area (Å²) in [6.07, 6.45) is 1.67. The second-order valence-electron chi connectivity index (χ2n) is 3.54. The zero-order valence-electron chi connectivity index (χ0n) is 9.22. The zero-order valence-corrected chi connectivity index (χ0v) is 9.98. The van der Waals surface area contributed by atoms with Crippen molar-refractivity contribution in [2.45, 2.75) is 0 Å². The van der Waals surface area contributed by atoms with Crippen LogP contribution in [0.3, 0.4) is 0 Å². The minimum Gasteiger partial charge on any atom is -0.333 e. The van der Waals surface area contributed by atoms with Crippen molar-refractivity contribution >= 4 is 28.8 Å². The molecule has 0 aliphatic heterocycles. The second kappa shape index (κ2) is 4.61. The van der Waals surface area contributed by atoms with Gasteiger partial charge < -0.3 is 5.32 Å². The Morgan fingerprint density at radius 1 is 1.56 bits per heavy atom. The number of anilines is 2. The average Bonchev–Trinajstić information content (AvgIpc) is 2.68. The highest BCUT2D eigenvalue weighted by molar-refractivity contribution is 6.31. The maximum absolute atomic E-state index is 13.2. The van der Waals surface area contributed by atoms with Gasteiger partial charge in [0.05, 0.1) is 16.0 Å². The number of aromatic nitrogens is 2. The van der Waals surface area contributed by atoms with Crippen LogP contribution in [0, 0.1) is 15.9 Å². The Bertz CT molecular complexity index is 614. The maximum atomic E-state index is 13.2. The van der Waals surface area contributed by atoms with E-state index in [2.05, 4.69) is 10.4 Å². The van der Waals surface area contributed by atoms with E-state index in [0.29, 0.717) is 5.82 Å². The van der Waals surface area contributed by atoms with Crippen molar-refractivity contribution in [2.75, 3.05) is 5.32 Å². The Balaban J connectivity index is 2.42. The number of nitrogens with zero attached hydrogens (tertiary/aromatic N) is 3. The minimum absolute atomic E-state index is 0.0881. The van der Waals surface area contributed by atoms with Crippen LogP contribution in [0.5, 0.6) is 0 Å². The highest BCUT2D eigenvalue weighted by Crippen LogP contribution is 2.31. The van der Waals surface area contributed by atoms with Gasteiger partial charge in [0.1, 0.15) is 11.5 Å². The molecule has 0 fully saturated rings. The molecule has 0 radical (unpaired) electrons. The summed E-state index contributed by atoms with van der Waals surface area (Å²) in [6, 6.07) is 3.55. The molecule has 1 heterocycles. The molecular weight excluding hydrogens is 263 g/mol. The fraction of sp³-hybridized carbons (Fsp3) is 0.100. The molecule has 0 spiro atoms. The number of hydrogen-bond donors (Lipinski definition) is 1. The first-order chi connectivity index (χ1) is 8.47. The lowest BCUT2D eigenvalue weighted by molar-refractivity contribution is -0.384. The van der Waals surface area contributed by atoms with E-state index >= 15 is 0 Å². The van der Waals surface area contributed by atoms with Crippen molar-refractivity contribution in [3.63, 3.8) is 0 Å². The molecule has 8 heteroatoms. The molecule has 0 saturated heterocycles. The van der Waals surface area contributed by atoms with E-state index < -0.39 is 16.4 Å². The van der Waals surface area contributed by atoms with Gasteiger partial charge in [-0.3, -0.25) is 14.8 Å². The van der Waals surface area contributed by atoms with Gasteiger partial charge in [0.25, 0.3) is 5.69 Å². The quantitative estimate of drug-likeness (QED) is 0.687. The molecular formula is C10H8ClFN4O2. The van der Waals surface area contributed by atoms with Crippen molar-refractivity contribution in [2.24, 2.45) is 7.05 Å². The number of nitro benzene ring substituents is 1. The Morgan fingerprint density at radius 2 is 2.28 bits per heavy atom. The lowest BCUT2D eigenvalue weighted by Gasteiger charge is -2.05. The molecule has 1 aromatic carbocycles. The summed E-state index contributed by atoms with van der Waals surface area (Å²) in [5.74, 6) is -0.432. The summed E-state index contributed by atoms with van der Waals surface area (Å²) in [4.78, 5) is 10.1. The molecule has 2 rings (SSSR count). The first kappa shape index (κ1) is 12.3. The van der Waals surface area contributed by atoms with Crippen LogP contribution in [0.4, 0.5) is 21.6 Å². The van der Waals surface area contributed by atoms with Gasteiger partial charge in [0.2, 0.25) is 0 Å². The predicted molar refractivity (Wildman–Crippen MR) is 64.6 cm³/mol. The van der Waals surface area contributed by atoms with E-state index in [1.165, 1.54) is 4.68 Å². The van der Waals surface area contributed by atoms with E-state index in [1.54, 1.807) is 19.3 Å². The summed E-state index contributed by atoms with van der Waals surface area (Å²) in [5, 5.41) is 17.3. The third kappa shape index (κ3) is 2.40. The fourth-order valence-electron chi connectivity index (χ4n) is 1.41. The normalized spacial score (nSPS) is 10.4. The van der Waals surface area contributed by atoms with Crippen molar-refractivity contribution in [3.05, 3.63) is 45.4 Å². The van der Waals surface area contributed by atoms with Crippen LogP contribution in [0.1, 0.15) is 0 Å². The molecule has 94 valence electrons. The molecule has 0 saturated carbocycles. The molecule has 0 amide bonds. The van der Waals surface area contributed by atoms with E-state index in [0.717, 1.165) is 12.1 Å². The molecule has 0 unspecified atom stereocenters. The Morgan fingerprint density at radius 3 is 2.83 bits per heavy atom. The highest BCUT2D eigenvalue weighted by Gasteiger charge is 2.18. The van der Waals surface area contributed by atoms with Gasteiger partial charge in [0.15, 0.2) is 5.82 Å². The highest BCUT2D eigenvalue weighted by atomic mass is 35.5. The van der Waals surface area contributed by atoms with Crippen LogP contribution in [0.25, 0.3) is 0 Å². The third-order valence-corrected chi connectivity index (χ3v) is 2.50. The van der Waals surface area contributed by atoms with E-state index in [9.17, 15) is 14.5 Å². The van der Waals surface area contributed by atoms with Crippen molar-refractivity contribution in [3.8, 4) is 0 Å². The number of hydrogen-bond acceptors (Lipinski definition) is 4. The number of halogens is 2. The molecule has 0 atom stereocenters. The van der Waals surface area contributed by atoms with Crippen molar-refractivity contribution in [1.29, 1.82) is 0 Å². The molecule has 0 aliphatic carbocycles. The Labute approximate surface area is 106 Å². The fourth-order valence-corrected chi connectivity index (χ4v) is 1.57. The van der Waals surface area contributed by atoms with Crippen LogP contribution in [-0.2, 0) is 7.05 Å². The number of nitro groups is 1. The van der Waals surface area contributed by atoms with E-state index in [1.807, 2.05) is 0 Å². The van der Waals surface area contributed by atoms with Gasteiger partial charge in [0, 0.05) is 19.3 Å².